The number of hydrogen-bond donors (Lipinski definition) is 1. The molecule has 1 aromatic heterocycles. The highest BCUT2D eigenvalue weighted by Gasteiger charge is 2.24. The van der Waals surface area contributed by atoms with Gasteiger partial charge in [-0.05, 0) is 32.4 Å². The molecule has 1 aliphatic rings. The van der Waals surface area contributed by atoms with Crippen LogP contribution in [0.5, 0.6) is 0 Å². The van der Waals surface area contributed by atoms with E-state index in [9.17, 15) is 0 Å². The Hall–Kier alpha value is -1.00. The average molecular weight is 234 g/mol. The first-order chi connectivity index (χ1) is 8.19. The van der Waals surface area contributed by atoms with Gasteiger partial charge in [-0.15, -0.1) is 0 Å². The Morgan fingerprint density at radius 2 is 2.35 bits per heavy atom. The van der Waals surface area contributed by atoms with Crippen LogP contribution >= 0.6 is 0 Å². The minimum absolute atomic E-state index is 0.665. The monoisotopic (exact) mass is 234 g/mol. The molecule has 17 heavy (non-hydrogen) atoms. The quantitative estimate of drug-likeness (QED) is 0.853. The molecule has 4 nitrogen and oxygen atoms in total. The summed E-state index contributed by atoms with van der Waals surface area (Å²) in [5.74, 6) is 1.57. The molecule has 1 N–H and O–H groups in total. The first kappa shape index (κ1) is 12.5. The number of piperidine rings is 1. The lowest BCUT2D eigenvalue weighted by molar-refractivity contribution is 0.143. The van der Waals surface area contributed by atoms with Crippen molar-refractivity contribution in [2.75, 3.05) is 20.1 Å². The minimum atomic E-state index is 0.665. The summed E-state index contributed by atoms with van der Waals surface area (Å²) in [5, 5.41) is 3.39. The normalized spacial score (nSPS) is 26.1. The van der Waals surface area contributed by atoms with Crippen molar-refractivity contribution in [2.24, 2.45) is 5.92 Å². The predicted molar refractivity (Wildman–Crippen MR) is 68.7 cm³/mol. The van der Waals surface area contributed by atoms with Crippen LogP contribution in [-0.2, 0) is 6.54 Å². The molecule has 2 rings (SSSR count). The second-order valence-electron chi connectivity index (χ2n) is 4.99. The topological polar surface area (TPSA) is 41.0 Å². The van der Waals surface area contributed by atoms with Crippen molar-refractivity contribution < 1.29 is 0 Å². The predicted octanol–water partition coefficient (Wildman–Crippen LogP) is 1.21. The second-order valence-corrected chi connectivity index (χ2v) is 4.99. The first-order valence-corrected chi connectivity index (χ1v) is 6.37. The number of likely N-dealkylation sites (tertiary alicyclic amines) is 1. The number of aromatic nitrogens is 2. The second kappa shape index (κ2) is 5.56. The van der Waals surface area contributed by atoms with Crippen molar-refractivity contribution in [1.29, 1.82) is 0 Å². The Morgan fingerprint density at radius 3 is 3.00 bits per heavy atom. The summed E-state index contributed by atoms with van der Waals surface area (Å²) in [6, 6.07) is 2.68. The number of rotatable bonds is 3. The van der Waals surface area contributed by atoms with Crippen molar-refractivity contribution in [3.05, 3.63) is 23.8 Å². The smallest absolute Gasteiger partial charge is 0.125 e. The largest absolute Gasteiger partial charge is 0.317 e. The molecule has 2 heterocycles. The molecule has 4 heteroatoms. The van der Waals surface area contributed by atoms with Crippen LogP contribution in [0.2, 0.25) is 0 Å². The van der Waals surface area contributed by atoms with Crippen LogP contribution in [-0.4, -0.2) is 41.0 Å². The van der Waals surface area contributed by atoms with E-state index in [1.165, 1.54) is 6.42 Å². The molecule has 1 aromatic rings. The lowest BCUT2D eigenvalue weighted by atomic mass is 9.94. The summed E-state index contributed by atoms with van der Waals surface area (Å²) >= 11 is 0. The maximum atomic E-state index is 4.46. The highest BCUT2D eigenvalue weighted by atomic mass is 15.2. The highest BCUT2D eigenvalue weighted by Crippen LogP contribution is 2.17. The molecule has 2 atom stereocenters. The van der Waals surface area contributed by atoms with Gasteiger partial charge in [0.2, 0.25) is 0 Å². The fourth-order valence-corrected chi connectivity index (χ4v) is 2.63. The van der Waals surface area contributed by atoms with E-state index in [1.807, 2.05) is 19.2 Å². The number of hydrogen-bond acceptors (Lipinski definition) is 4. The molecule has 2 unspecified atom stereocenters. The van der Waals surface area contributed by atoms with Crippen LogP contribution in [0.4, 0.5) is 0 Å². The fourth-order valence-electron chi connectivity index (χ4n) is 2.63. The van der Waals surface area contributed by atoms with Crippen molar-refractivity contribution in [1.82, 2.24) is 20.2 Å². The van der Waals surface area contributed by atoms with E-state index in [2.05, 4.69) is 34.2 Å². The SMILES string of the molecule is CNC1CCN(Cc2ccnc(C)n2)CC1C. The van der Waals surface area contributed by atoms with Gasteiger partial charge in [0.05, 0.1) is 5.69 Å². The summed E-state index contributed by atoms with van der Waals surface area (Å²) in [7, 11) is 2.06. The zero-order valence-corrected chi connectivity index (χ0v) is 11.0. The number of nitrogens with zero attached hydrogens (tertiary/aromatic N) is 3. The van der Waals surface area contributed by atoms with Crippen molar-refractivity contribution >= 4 is 0 Å². The van der Waals surface area contributed by atoms with Gasteiger partial charge in [0.25, 0.3) is 0 Å². The van der Waals surface area contributed by atoms with Crippen LogP contribution in [0, 0.1) is 12.8 Å². The molecule has 0 aliphatic carbocycles. The average Bonchev–Trinajstić information content (AvgIpc) is 2.29. The maximum Gasteiger partial charge on any atom is 0.125 e. The Balaban J connectivity index is 1.93. The Labute approximate surface area is 103 Å². The van der Waals surface area contributed by atoms with Gasteiger partial charge in [0.15, 0.2) is 0 Å². The van der Waals surface area contributed by atoms with E-state index in [1.54, 1.807) is 0 Å². The number of nitrogens with one attached hydrogen (secondary N) is 1. The van der Waals surface area contributed by atoms with Crippen molar-refractivity contribution in [3.8, 4) is 0 Å². The van der Waals surface area contributed by atoms with Crippen LogP contribution in [0.1, 0.15) is 24.9 Å². The highest BCUT2D eigenvalue weighted by molar-refractivity contribution is 5.02. The van der Waals surface area contributed by atoms with E-state index in [0.29, 0.717) is 12.0 Å². The van der Waals surface area contributed by atoms with Crippen LogP contribution in [0.3, 0.4) is 0 Å². The molecule has 0 bridgehead atoms. The lowest BCUT2D eigenvalue weighted by Crippen LogP contribution is -2.46. The van der Waals surface area contributed by atoms with Crippen molar-refractivity contribution in [3.63, 3.8) is 0 Å². The van der Waals surface area contributed by atoms with Gasteiger partial charge >= 0.3 is 0 Å². The zero-order chi connectivity index (χ0) is 12.3. The van der Waals surface area contributed by atoms with Gasteiger partial charge in [-0.25, -0.2) is 9.97 Å². The summed E-state index contributed by atoms with van der Waals surface area (Å²) in [5.41, 5.74) is 1.13. The minimum Gasteiger partial charge on any atom is -0.317 e. The molecule has 0 saturated carbocycles. The molecular weight excluding hydrogens is 212 g/mol. The Bertz CT molecular complexity index is 366. The Morgan fingerprint density at radius 1 is 1.53 bits per heavy atom. The Kier molecular flexibility index (Phi) is 4.07. The summed E-state index contributed by atoms with van der Waals surface area (Å²) in [4.78, 5) is 11.1. The molecule has 0 radical (unpaired) electrons. The summed E-state index contributed by atoms with van der Waals surface area (Å²) < 4.78 is 0. The van der Waals surface area contributed by atoms with E-state index in [-0.39, 0.29) is 0 Å². The molecular formula is C13H22N4. The fraction of sp³-hybridized carbons (Fsp3) is 0.692. The van der Waals surface area contributed by atoms with Crippen LogP contribution in [0.15, 0.2) is 12.3 Å². The van der Waals surface area contributed by atoms with Crippen molar-refractivity contribution in [2.45, 2.75) is 32.9 Å². The van der Waals surface area contributed by atoms with Gasteiger partial charge < -0.3 is 5.32 Å². The van der Waals surface area contributed by atoms with E-state index in [4.69, 9.17) is 0 Å². The lowest BCUT2D eigenvalue weighted by Gasteiger charge is -2.36. The van der Waals surface area contributed by atoms with Crippen LogP contribution < -0.4 is 5.32 Å². The molecule has 1 fully saturated rings. The van der Waals surface area contributed by atoms with E-state index in [0.717, 1.165) is 31.2 Å². The third kappa shape index (κ3) is 3.23. The summed E-state index contributed by atoms with van der Waals surface area (Å²) in [6.45, 7) is 7.51. The standard InChI is InChI=1S/C13H22N4/c1-10-8-17(7-5-13(10)14-3)9-12-4-6-15-11(2)16-12/h4,6,10,13-14H,5,7-9H2,1-3H3. The van der Waals surface area contributed by atoms with Gasteiger partial charge in [-0.1, -0.05) is 6.92 Å². The van der Waals surface area contributed by atoms with Gasteiger partial charge in [-0.3, -0.25) is 4.90 Å². The van der Waals surface area contributed by atoms with Gasteiger partial charge in [0.1, 0.15) is 5.82 Å². The number of aryl methyl sites for hydroxylation is 1. The molecule has 0 aromatic carbocycles. The maximum absolute atomic E-state index is 4.46. The van der Waals surface area contributed by atoms with Crippen LogP contribution in [0.25, 0.3) is 0 Å². The van der Waals surface area contributed by atoms with Gasteiger partial charge in [0, 0.05) is 31.9 Å². The third-order valence-corrected chi connectivity index (χ3v) is 3.58. The summed E-state index contributed by atoms with van der Waals surface area (Å²) in [6.07, 6.45) is 3.07. The first-order valence-electron chi connectivity index (χ1n) is 6.37. The van der Waals surface area contributed by atoms with E-state index < -0.39 is 0 Å². The molecule has 94 valence electrons. The molecule has 1 saturated heterocycles. The van der Waals surface area contributed by atoms with Gasteiger partial charge in [-0.2, -0.15) is 0 Å². The third-order valence-electron chi connectivity index (χ3n) is 3.58. The molecule has 1 aliphatic heterocycles. The molecule has 0 spiro atoms. The van der Waals surface area contributed by atoms with E-state index >= 15 is 0 Å². The molecule has 0 amide bonds. The zero-order valence-electron chi connectivity index (χ0n) is 11.0.